The minimum atomic E-state index is -0.0256. The van der Waals surface area contributed by atoms with Crippen molar-refractivity contribution in [3.05, 3.63) is 65.9 Å². The zero-order valence-corrected chi connectivity index (χ0v) is 19.7. The van der Waals surface area contributed by atoms with Gasteiger partial charge in [0, 0.05) is 68.5 Å². The zero-order valence-electron chi connectivity index (χ0n) is 19.7. The van der Waals surface area contributed by atoms with Crippen LogP contribution in [0.25, 0.3) is 33.6 Å². The number of carbonyl (C=O) groups is 1. The van der Waals surface area contributed by atoms with E-state index in [1.165, 1.54) is 0 Å². The number of para-hydroxylation sites is 1. The summed E-state index contributed by atoms with van der Waals surface area (Å²) in [5.74, 6) is 0.770. The predicted octanol–water partition coefficient (Wildman–Crippen LogP) is 3.95. The number of amides is 1. The second kappa shape index (κ2) is 9.44. The Kier molecular flexibility index (Phi) is 6.22. The van der Waals surface area contributed by atoms with E-state index in [0.29, 0.717) is 18.8 Å². The molecule has 7 heteroatoms. The summed E-state index contributed by atoms with van der Waals surface area (Å²) in [6.07, 6.45) is 0.765. The molecule has 176 valence electrons. The average molecular weight is 459 g/mol. The highest BCUT2D eigenvalue weighted by atomic mass is 16.3. The summed E-state index contributed by atoms with van der Waals surface area (Å²) in [7, 11) is 1.89. The minimum absolute atomic E-state index is 0.0256. The van der Waals surface area contributed by atoms with Gasteiger partial charge in [-0.1, -0.05) is 42.5 Å². The number of hydrogen-bond donors (Lipinski definition) is 1. The van der Waals surface area contributed by atoms with Gasteiger partial charge in [0.2, 0.25) is 0 Å². The van der Waals surface area contributed by atoms with Gasteiger partial charge in [0.15, 0.2) is 5.69 Å². The van der Waals surface area contributed by atoms with Crippen molar-refractivity contribution < 1.29 is 14.3 Å². The number of hydrogen-bond acceptors (Lipinski definition) is 5. The molecule has 1 N–H and O–H groups in total. The van der Waals surface area contributed by atoms with E-state index in [2.05, 4.69) is 22.1 Å². The fourth-order valence-electron chi connectivity index (χ4n) is 4.85. The Morgan fingerprint density at radius 2 is 1.74 bits per heavy atom. The molecule has 3 heterocycles. The normalized spacial score (nSPS) is 14.7. The topological polar surface area (TPSA) is 74.7 Å². The van der Waals surface area contributed by atoms with Gasteiger partial charge in [-0.15, -0.1) is 0 Å². The minimum Gasteiger partial charge on any atom is -0.456 e. The van der Waals surface area contributed by atoms with Crippen LogP contribution >= 0.6 is 0 Å². The number of carbonyl (C=O) groups excluding carboxylic acids is 1. The average Bonchev–Trinajstić information content (AvgIpc) is 3.43. The van der Waals surface area contributed by atoms with E-state index in [9.17, 15) is 4.79 Å². The molecule has 7 nitrogen and oxygen atoms in total. The zero-order chi connectivity index (χ0) is 23.7. The monoisotopic (exact) mass is 458 g/mol. The van der Waals surface area contributed by atoms with Crippen molar-refractivity contribution in [1.82, 2.24) is 19.6 Å². The molecule has 0 spiro atoms. The molecule has 1 saturated heterocycles. The maximum Gasteiger partial charge on any atom is 0.274 e. The molecule has 5 rings (SSSR count). The molecule has 0 unspecified atom stereocenters. The Bertz CT molecular complexity index is 1280. The summed E-state index contributed by atoms with van der Waals surface area (Å²) in [6.45, 7) is 6.02. The van der Waals surface area contributed by atoms with E-state index in [1.54, 1.807) is 0 Å². The third-order valence-electron chi connectivity index (χ3n) is 6.65. The molecular weight excluding hydrogens is 428 g/mol. The number of aryl methyl sites for hydroxylation is 1. The van der Waals surface area contributed by atoms with E-state index < -0.39 is 0 Å². The van der Waals surface area contributed by atoms with Crippen LogP contribution in [-0.4, -0.2) is 69.9 Å². The molecule has 1 amide bonds. The van der Waals surface area contributed by atoms with Gasteiger partial charge in [0.05, 0.1) is 5.69 Å². The van der Waals surface area contributed by atoms with Gasteiger partial charge in [-0.25, -0.2) is 0 Å². The lowest BCUT2D eigenvalue weighted by Crippen LogP contribution is -2.49. The number of aliphatic hydroxyl groups excluding tert-OH is 1. The van der Waals surface area contributed by atoms with Crippen LogP contribution in [0, 0.1) is 6.92 Å². The van der Waals surface area contributed by atoms with Crippen LogP contribution in [0.1, 0.15) is 22.5 Å². The molecule has 2 aromatic carbocycles. The van der Waals surface area contributed by atoms with Crippen LogP contribution in [-0.2, 0) is 7.05 Å². The Morgan fingerprint density at radius 3 is 2.47 bits per heavy atom. The van der Waals surface area contributed by atoms with E-state index in [0.717, 1.165) is 65.2 Å². The van der Waals surface area contributed by atoms with Gasteiger partial charge < -0.3 is 14.4 Å². The van der Waals surface area contributed by atoms with Crippen molar-refractivity contribution in [2.75, 3.05) is 39.3 Å². The van der Waals surface area contributed by atoms with E-state index in [1.807, 2.05) is 66.0 Å². The summed E-state index contributed by atoms with van der Waals surface area (Å²) < 4.78 is 7.97. The molecular formula is C27H30N4O3. The number of aromatic nitrogens is 2. The van der Waals surface area contributed by atoms with Crippen molar-refractivity contribution in [3.8, 4) is 22.6 Å². The van der Waals surface area contributed by atoms with Crippen LogP contribution in [0.3, 0.4) is 0 Å². The first kappa shape index (κ1) is 22.4. The number of furan rings is 1. The highest BCUT2D eigenvalue weighted by Crippen LogP contribution is 2.37. The second-order valence-corrected chi connectivity index (χ2v) is 8.85. The Morgan fingerprint density at radius 1 is 1.03 bits per heavy atom. The van der Waals surface area contributed by atoms with Crippen LogP contribution in [0.2, 0.25) is 0 Å². The Balaban J connectivity index is 1.45. The lowest BCUT2D eigenvalue weighted by Gasteiger charge is -2.34. The summed E-state index contributed by atoms with van der Waals surface area (Å²) in [6, 6.07) is 18.1. The van der Waals surface area contributed by atoms with Crippen molar-refractivity contribution in [3.63, 3.8) is 0 Å². The number of piperazine rings is 1. The smallest absolute Gasteiger partial charge is 0.274 e. The number of benzene rings is 2. The second-order valence-electron chi connectivity index (χ2n) is 8.85. The predicted molar refractivity (Wildman–Crippen MR) is 133 cm³/mol. The number of nitrogens with zero attached hydrogens (tertiary/aromatic N) is 4. The van der Waals surface area contributed by atoms with Crippen molar-refractivity contribution in [1.29, 1.82) is 0 Å². The Labute approximate surface area is 199 Å². The Hall–Kier alpha value is -3.42. The maximum atomic E-state index is 13.4. The lowest BCUT2D eigenvalue weighted by atomic mass is 9.99. The largest absolute Gasteiger partial charge is 0.456 e. The quantitative estimate of drug-likeness (QED) is 0.474. The summed E-state index contributed by atoms with van der Waals surface area (Å²) in [4.78, 5) is 17.6. The van der Waals surface area contributed by atoms with Crippen LogP contribution in [0.4, 0.5) is 0 Å². The highest BCUT2D eigenvalue weighted by Gasteiger charge is 2.28. The third-order valence-corrected chi connectivity index (χ3v) is 6.65. The fourth-order valence-corrected chi connectivity index (χ4v) is 4.85. The number of fused-ring (bicyclic) bond motifs is 1. The van der Waals surface area contributed by atoms with Gasteiger partial charge in [-0.05, 0) is 25.5 Å². The molecule has 1 fully saturated rings. The summed E-state index contributed by atoms with van der Waals surface area (Å²) in [5, 5.41) is 14.8. The molecule has 1 aliphatic rings. The molecule has 0 bridgehead atoms. The lowest BCUT2D eigenvalue weighted by molar-refractivity contribution is 0.0622. The molecule has 1 aliphatic heterocycles. The van der Waals surface area contributed by atoms with Gasteiger partial charge in [-0.2, -0.15) is 5.10 Å². The van der Waals surface area contributed by atoms with Gasteiger partial charge in [0.25, 0.3) is 5.91 Å². The van der Waals surface area contributed by atoms with Gasteiger partial charge in [-0.3, -0.25) is 14.4 Å². The highest BCUT2D eigenvalue weighted by molar-refractivity contribution is 5.97. The fraction of sp³-hybridized carbons (Fsp3) is 0.333. The van der Waals surface area contributed by atoms with Crippen molar-refractivity contribution in [2.24, 2.45) is 7.05 Å². The first-order valence-electron chi connectivity index (χ1n) is 11.8. The van der Waals surface area contributed by atoms with Gasteiger partial charge in [0.1, 0.15) is 11.3 Å². The molecule has 4 aromatic rings. The molecule has 0 radical (unpaired) electrons. The van der Waals surface area contributed by atoms with Crippen molar-refractivity contribution >= 4 is 16.9 Å². The van der Waals surface area contributed by atoms with Gasteiger partial charge >= 0.3 is 0 Å². The molecule has 0 saturated carbocycles. The summed E-state index contributed by atoms with van der Waals surface area (Å²) >= 11 is 0. The van der Waals surface area contributed by atoms with Crippen LogP contribution in [0.5, 0.6) is 0 Å². The van der Waals surface area contributed by atoms with E-state index >= 15 is 0 Å². The SMILES string of the molecule is Cc1c(C(=O)N2CCN(CCCO)CC2)nn(C)c1-c1ccccc1-c1cc2ccccc2o1. The first-order chi connectivity index (χ1) is 16.6. The number of aliphatic hydroxyl groups is 1. The first-order valence-corrected chi connectivity index (χ1v) is 11.8. The summed E-state index contributed by atoms with van der Waals surface area (Å²) in [5.41, 5.74) is 5.10. The standard InChI is InChI=1S/C27H30N4O3/c1-19-25(27(33)31-15-13-30(14-16-31)12-7-17-32)28-29(2)26(19)22-10-5-4-9-21(22)24-18-20-8-3-6-11-23(20)34-24/h3-6,8-11,18,32H,7,12-17H2,1-2H3. The molecule has 2 aromatic heterocycles. The van der Waals surface area contributed by atoms with Crippen LogP contribution < -0.4 is 0 Å². The number of rotatable bonds is 6. The van der Waals surface area contributed by atoms with Crippen molar-refractivity contribution in [2.45, 2.75) is 13.3 Å². The maximum absolute atomic E-state index is 13.4. The van der Waals surface area contributed by atoms with Crippen LogP contribution in [0.15, 0.2) is 59.0 Å². The molecule has 0 aliphatic carbocycles. The molecule has 0 atom stereocenters. The van der Waals surface area contributed by atoms with E-state index in [4.69, 9.17) is 9.52 Å². The third kappa shape index (κ3) is 4.13. The molecule has 34 heavy (non-hydrogen) atoms. The van der Waals surface area contributed by atoms with E-state index in [-0.39, 0.29) is 12.5 Å².